The molecule has 22 heteroatoms. The van der Waals surface area contributed by atoms with Crippen LogP contribution in [0.3, 0.4) is 0 Å². The number of ether oxygens (including phenoxy) is 10. The van der Waals surface area contributed by atoms with Crippen LogP contribution in [0.15, 0.2) is 97.6 Å². The molecular formula is C38H50B2F8N2O10. The molecule has 0 fully saturated rings. The lowest BCUT2D eigenvalue weighted by Gasteiger charge is -2.14. The molecule has 12 nitrogen and oxygen atoms in total. The normalized spacial score (nSPS) is 14.8. The number of rotatable bonds is 5. The van der Waals surface area contributed by atoms with Gasteiger partial charge in [-0.25, -0.2) is 0 Å². The molecule has 0 unspecified atom stereocenters. The average molecular weight is 868 g/mol. The van der Waals surface area contributed by atoms with Crippen LogP contribution >= 0.6 is 0 Å². The Morgan fingerprint density at radius 2 is 0.667 bits per heavy atom. The van der Waals surface area contributed by atoms with Gasteiger partial charge in [0.2, 0.25) is 25.5 Å². The maximum Gasteiger partial charge on any atom is 0.673 e. The van der Waals surface area contributed by atoms with Crippen LogP contribution in [-0.2, 0) is 32.0 Å². The van der Waals surface area contributed by atoms with Crippen LogP contribution in [0.5, 0.6) is 34.5 Å². The Labute approximate surface area is 343 Å². The van der Waals surface area contributed by atoms with Gasteiger partial charge in [0.1, 0.15) is 26.4 Å². The summed E-state index contributed by atoms with van der Waals surface area (Å²) in [7, 11) is -8.65. The van der Waals surface area contributed by atoms with Crippen molar-refractivity contribution in [1.29, 1.82) is 0 Å². The second-order valence-corrected chi connectivity index (χ2v) is 11.7. The number of nitrogens with zero attached hydrogens (tertiary/aromatic N) is 2. The predicted molar refractivity (Wildman–Crippen MR) is 205 cm³/mol. The Bertz CT molecular complexity index is 1520. The van der Waals surface area contributed by atoms with Gasteiger partial charge in [-0.2, -0.15) is 9.13 Å². The van der Waals surface area contributed by atoms with E-state index in [9.17, 15) is 34.5 Å². The van der Waals surface area contributed by atoms with Gasteiger partial charge < -0.3 is 81.9 Å². The van der Waals surface area contributed by atoms with Gasteiger partial charge in [-0.3, -0.25) is 0 Å². The molecule has 3 heterocycles. The topological polar surface area (TPSA) is 100 Å². The summed E-state index contributed by atoms with van der Waals surface area (Å²) in [5.74, 6) is 4.47. The smallest absolute Gasteiger partial charge is 0.491 e. The largest absolute Gasteiger partial charge is 0.673 e. The summed E-state index contributed by atoms with van der Waals surface area (Å²) in [5, 5.41) is 0. The zero-order chi connectivity index (χ0) is 43.9. The third-order valence-corrected chi connectivity index (χ3v) is 7.13. The number of hydrogen-bond acceptors (Lipinski definition) is 10. The third-order valence-electron chi connectivity index (χ3n) is 7.13. The molecule has 0 atom stereocenters. The summed E-state index contributed by atoms with van der Waals surface area (Å²) in [6.45, 7) is 7.25. The second kappa shape index (κ2) is 30.0. The zero-order valence-corrected chi connectivity index (χ0v) is 33.3. The summed E-state index contributed by atoms with van der Waals surface area (Å²) in [6, 6.07) is 23.0. The molecule has 0 bridgehead atoms. The molecule has 2 aromatic heterocycles. The van der Waals surface area contributed by atoms with Crippen molar-refractivity contribution in [2.24, 2.45) is 0 Å². The molecule has 5 rings (SSSR count). The van der Waals surface area contributed by atoms with Gasteiger partial charge in [0, 0.05) is 12.1 Å². The first kappa shape index (κ1) is 51.1. The number of pyridine rings is 2. The number of para-hydroxylation sites is 4. The van der Waals surface area contributed by atoms with Crippen molar-refractivity contribution < 1.29 is 91.0 Å². The van der Waals surface area contributed by atoms with Gasteiger partial charge in [-0.15, -0.1) is 0 Å². The van der Waals surface area contributed by atoms with E-state index in [0.717, 1.165) is 24.6 Å². The first-order valence-electron chi connectivity index (χ1n) is 18.6. The fourth-order valence-electron chi connectivity index (χ4n) is 4.61. The van der Waals surface area contributed by atoms with Gasteiger partial charge in [0.05, 0.1) is 67.1 Å². The van der Waals surface area contributed by atoms with Crippen molar-refractivity contribution >= 4 is 14.5 Å². The van der Waals surface area contributed by atoms with Crippen LogP contribution in [0.1, 0.15) is 0 Å². The fraction of sp³-hybridized carbons (Fsp3) is 0.421. The fourth-order valence-corrected chi connectivity index (χ4v) is 4.61. The van der Waals surface area contributed by atoms with Crippen molar-refractivity contribution in [3.63, 3.8) is 0 Å². The van der Waals surface area contributed by atoms with Crippen molar-refractivity contribution in [2.45, 2.75) is 13.1 Å². The second-order valence-electron chi connectivity index (χ2n) is 11.7. The lowest BCUT2D eigenvalue weighted by molar-refractivity contribution is -0.778. The van der Waals surface area contributed by atoms with Gasteiger partial charge in [0.25, 0.3) is 0 Å². The minimum Gasteiger partial charge on any atom is -0.491 e. The highest BCUT2D eigenvalue weighted by molar-refractivity contribution is 6.50. The molecule has 334 valence electrons. The molecule has 4 aromatic rings. The monoisotopic (exact) mass is 868 g/mol. The van der Waals surface area contributed by atoms with Gasteiger partial charge >= 0.3 is 14.5 Å². The Balaban J connectivity index is 0.000000368. The molecule has 0 saturated heterocycles. The summed E-state index contributed by atoms with van der Waals surface area (Å²) in [6.07, 6.45) is 8.04. The number of hydrogen-bond donors (Lipinski definition) is 0. The quantitative estimate of drug-likeness (QED) is 0.125. The van der Waals surface area contributed by atoms with Gasteiger partial charge in [-0.05, 0) is 36.4 Å². The van der Waals surface area contributed by atoms with Crippen LogP contribution in [0.4, 0.5) is 34.5 Å². The molecule has 0 spiro atoms. The van der Waals surface area contributed by atoms with E-state index in [-0.39, 0.29) is 0 Å². The number of halogens is 8. The Kier molecular flexibility index (Phi) is 25.6. The molecule has 60 heavy (non-hydrogen) atoms. The standard InChI is InChI=1S/C24H32O8.C14H18N2O2.2BF4/c1-2-6-22-21(5-1)29-17-13-25-9-10-27-15-19-31-23-7-3-4-8-24(23)32-20-16-28-12-11-26-14-18-30-22;1-17-13-5-3-7-15(11-13)9-10-16-8-4-6-14(12-16)18-2;2*2-1(3,4)5/h1-8H,9-20H2;3-8,11-12H,9-10H2,1-2H3;;/q;+2;2*-1. The van der Waals surface area contributed by atoms with E-state index in [4.69, 9.17) is 47.4 Å². The van der Waals surface area contributed by atoms with Crippen molar-refractivity contribution in [1.82, 2.24) is 0 Å². The maximum absolute atomic E-state index is 9.75. The van der Waals surface area contributed by atoms with Gasteiger partial charge in [0.15, 0.2) is 46.9 Å². The van der Waals surface area contributed by atoms with E-state index in [0.29, 0.717) is 102 Å². The van der Waals surface area contributed by atoms with Crippen molar-refractivity contribution in [3.05, 3.63) is 97.6 Å². The maximum atomic E-state index is 9.75. The minimum atomic E-state index is -6.00. The molecule has 0 radical (unpaired) electrons. The lowest BCUT2D eigenvalue weighted by Crippen LogP contribution is -2.43. The minimum absolute atomic E-state index is 0.425. The van der Waals surface area contributed by atoms with E-state index in [2.05, 4.69) is 9.13 Å². The van der Waals surface area contributed by atoms with Crippen LogP contribution < -0.4 is 37.6 Å². The summed E-state index contributed by atoms with van der Waals surface area (Å²) in [4.78, 5) is 0. The van der Waals surface area contributed by atoms with E-state index >= 15 is 0 Å². The number of benzene rings is 2. The Morgan fingerprint density at radius 1 is 0.417 bits per heavy atom. The highest BCUT2D eigenvalue weighted by Gasteiger charge is 2.21. The van der Waals surface area contributed by atoms with Crippen LogP contribution in [-0.4, -0.2) is 108 Å². The summed E-state index contributed by atoms with van der Waals surface area (Å²) in [5.41, 5.74) is 0. The first-order valence-corrected chi connectivity index (χ1v) is 18.6. The lowest BCUT2D eigenvalue weighted by atomic mass is 10.3. The highest BCUT2D eigenvalue weighted by atomic mass is 19.5. The van der Waals surface area contributed by atoms with Crippen LogP contribution in [0.25, 0.3) is 0 Å². The van der Waals surface area contributed by atoms with E-state index < -0.39 is 14.5 Å². The number of aromatic nitrogens is 2. The summed E-state index contributed by atoms with van der Waals surface area (Å²) < 4.78 is 138. The van der Waals surface area contributed by atoms with Crippen LogP contribution in [0.2, 0.25) is 0 Å². The third kappa shape index (κ3) is 27.6. The van der Waals surface area contributed by atoms with E-state index in [1.165, 1.54) is 0 Å². The van der Waals surface area contributed by atoms with Gasteiger partial charge in [-0.1, -0.05) is 24.3 Å². The number of aryl methyl sites for hydroxylation is 2. The molecular weight excluding hydrogens is 818 g/mol. The molecule has 0 aliphatic carbocycles. The summed E-state index contributed by atoms with van der Waals surface area (Å²) >= 11 is 0. The SMILES string of the molecule is COc1ccc[n+](CC[n+]2cccc(OC)c2)c1.F[B-](F)(F)F.F[B-](F)(F)F.c1ccc2c(c1)OCCOCCOCCOc1ccccc1OCCOCCOCCO2. The van der Waals surface area contributed by atoms with E-state index in [1.807, 2.05) is 97.6 Å². The van der Waals surface area contributed by atoms with Crippen molar-refractivity contribution in [3.8, 4) is 34.5 Å². The highest BCUT2D eigenvalue weighted by Crippen LogP contribution is 2.27. The molecule has 1 aliphatic heterocycles. The zero-order valence-electron chi connectivity index (χ0n) is 33.3. The molecule has 2 aromatic carbocycles. The molecule has 1 aliphatic rings. The van der Waals surface area contributed by atoms with E-state index in [1.54, 1.807) is 14.2 Å². The molecule has 0 saturated carbocycles. The van der Waals surface area contributed by atoms with Crippen LogP contribution in [0, 0.1) is 0 Å². The molecule has 0 amide bonds. The average Bonchev–Trinajstić information content (AvgIpc) is 3.21. The van der Waals surface area contributed by atoms with Crippen molar-refractivity contribution in [2.75, 3.05) is 93.5 Å². The number of fused-ring (bicyclic) bond motifs is 2. The first-order chi connectivity index (χ1) is 28.7. The Hall–Kier alpha value is -5.05. The molecule has 0 N–H and O–H groups in total. The predicted octanol–water partition coefficient (Wildman–Crippen LogP) is 6.56. The Morgan fingerprint density at radius 3 is 0.917 bits per heavy atom. The number of methoxy groups -OCH3 is 2.